The van der Waals surface area contributed by atoms with Crippen molar-refractivity contribution in [1.29, 1.82) is 0 Å². The second-order valence-corrected chi connectivity index (χ2v) is 8.60. The highest BCUT2D eigenvalue weighted by Gasteiger charge is 2.20. The average molecular weight is 454 g/mol. The second kappa shape index (κ2) is 8.62. The summed E-state index contributed by atoms with van der Waals surface area (Å²) >= 11 is 2.61. The number of aromatic nitrogens is 5. The summed E-state index contributed by atoms with van der Waals surface area (Å²) < 4.78 is 2.22. The fraction of sp³-hybridized carbons (Fsp3) is 0.105. The maximum atomic E-state index is 12.7. The van der Waals surface area contributed by atoms with Crippen LogP contribution in [0, 0.1) is 17.0 Å². The quantitative estimate of drug-likeness (QED) is 0.343. The Morgan fingerprint density at radius 1 is 1.26 bits per heavy atom. The molecule has 0 aliphatic heterocycles. The third-order valence-electron chi connectivity index (χ3n) is 4.21. The van der Waals surface area contributed by atoms with Crippen LogP contribution in [0.5, 0.6) is 0 Å². The highest BCUT2D eigenvalue weighted by Crippen LogP contribution is 2.37. The molecule has 0 atom stereocenters. The number of hydrogen-bond donors (Lipinski definition) is 1. The molecule has 12 heteroatoms. The Bertz CT molecular complexity index is 1290. The molecule has 0 radical (unpaired) electrons. The number of thiazole rings is 1. The Morgan fingerprint density at radius 2 is 2.10 bits per heavy atom. The molecule has 31 heavy (non-hydrogen) atoms. The summed E-state index contributed by atoms with van der Waals surface area (Å²) in [6, 6.07) is 11.4. The lowest BCUT2D eigenvalue weighted by atomic mass is 10.1. The van der Waals surface area contributed by atoms with Crippen LogP contribution >= 0.6 is 23.1 Å². The van der Waals surface area contributed by atoms with Gasteiger partial charge in [0.15, 0.2) is 10.2 Å². The summed E-state index contributed by atoms with van der Waals surface area (Å²) in [4.78, 5) is 28.6. The van der Waals surface area contributed by atoms with Crippen LogP contribution in [0.3, 0.4) is 0 Å². The summed E-state index contributed by atoms with van der Waals surface area (Å²) in [5.41, 5.74) is 2.12. The number of amides is 1. The van der Waals surface area contributed by atoms with Crippen LogP contribution in [0.15, 0.2) is 57.1 Å². The molecule has 0 unspecified atom stereocenters. The monoisotopic (exact) mass is 453 g/mol. The SMILES string of the molecule is Cc1csc(Sc2ccc(C(=O)Nc3cccc(-c4nnnn4C)c3)cc2[N+](=O)[O-])n1. The van der Waals surface area contributed by atoms with Crippen molar-refractivity contribution < 1.29 is 9.72 Å². The van der Waals surface area contributed by atoms with Crippen LogP contribution in [-0.2, 0) is 7.05 Å². The Labute approximate surface area is 184 Å². The minimum Gasteiger partial charge on any atom is -0.322 e. The number of benzene rings is 2. The van der Waals surface area contributed by atoms with Crippen molar-refractivity contribution in [1.82, 2.24) is 25.2 Å². The summed E-state index contributed by atoms with van der Waals surface area (Å²) in [7, 11) is 1.71. The zero-order chi connectivity index (χ0) is 22.0. The lowest BCUT2D eigenvalue weighted by Crippen LogP contribution is -2.12. The Balaban J connectivity index is 1.57. The van der Waals surface area contributed by atoms with Gasteiger partial charge >= 0.3 is 0 Å². The first kappa shape index (κ1) is 20.6. The van der Waals surface area contributed by atoms with E-state index in [1.54, 1.807) is 37.4 Å². The van der Waals surface area contributed by atoms with Gasteiger partial charge in [-0.25, -0.2) is 9.67 Å². The van der Waals surface area contributed by atoms with E-state index in [1.807, 2.05) is 18.4 Å². The lowest BCUT2D eigenvalue weighted by Gasteiger charge is -2.08. The molecule has 0 fully saturated rings. The lowest BCUT2D eigenvalue weighted by molar-refractivity contribution is -0.387. The number of tetrazole rings is 1. The standard InChI is InChI=1S/C19H15N7O3S2/c1-11-10-30-19(20-11)31-16-7-6-13(9-15(16)26(28)29)18(27)21-14-5-3-4-12(8-14)17-22-23-24-25(17)2/h3-10H,1-2H3,(H,21,27). The van der Waals surface area contributed by atoms with E-state index in [1.165, 1.54) is 33.8 Å². The topological polar surface area (TPSA) is 129 Å². The predicted molar refractivity (Wildman–Crippen MR) is 116 cm³/mol. The zero-order valence-electron chi connectivity index (χ0n) is 16.3. The molecule has 4 aromatic rings. The van der Waals surface area contributed by atoms with E-state index in [0.29, 0.717) is 20.7 Å². The minimum atomic E-state index is -0.499. The highest BCUT2D eigenvalue weighted by atomic mass is 32.2. The first-order valence-corrected chi connectivity index (χ1v) is 10.6. The van der Waals surface area contributed by atoms with Gasteiger partial charge < -0.3 is 5.32 Å². The van der Waals surface area contributed by atoms with Gasteiger partial charge in [0, 0.05) is 41.0 Å². The molecule has 10 nitrogen and oxygen atoms in total. The van der Waals surface area contributed by atoms with E-state index in [-0.39, 0.29) is 11.3 Å². The number of nitro benzene ring substituents is 1. The van der Waals surface area contributed by atoms with E-state index in [2.05, 4.69) is 25.8 Å². The van der Waals surface area contributed by atoms with Crippen LogP contribution < -0.4 is 5.32 Å². The number of carbonyl (C=O) groups excluding carboxylic acids is 1. The van der Waals surface area contributed by atoms with Gasteiger partial charge in [-0.2, -0.15) is 0 Å². The molecule has 156 valence electrons. The molecule has 2 heterocycles. The molecule has 0 aliphatic rings. The Hall–Kier alpha value is -3.64. The summed E-state index contributed by atoms with van der Waals surface area (Å²) in [6.45, 7) is 1.86. The minimum absolute atomic E-state index is 0.149. The van der Waals surface area contributed by atoms with Crippen molar-refractivity contribution in [2.24, 2.45) is 7.05 Å². The fourth-order valence-electron chi connectivity index (χ4n) is 2.77. The van der Waals surface area contributed by atoms with E-state index in [0.717, 1.165) is 11.3 Å². The van der Waals surface area contributed by atoms with Gasteiger partial charge in [-0.05, 0) is 41.6 Å². The number of carbonyl (C=O) groups is 1. The largest absolute Gasteiger partial charge is 0.322 e. The summed E-state index contributed by atoms with van der Waals surface area (Å²) in [6.07, 6.45) is 0. The van der Waals surface area contributed by atoms with Gasteiger partial charge in [-0.3, -0.25) is 14.9 Å². The first-order valence-electron chi connectivity index (χ1n) is 8.93. The van der Waals surface area contributed by atoms with Crippen molar-refractivity contribution >= 4 is 40.4 Å². The number of nitro groups is 1. The molecular formula is C19H15N7O3S2. The molecule has 0 spiro atoms. The van der Waals surface area contributed by atoms with Crippen LogP contribution in [0.25, 0.3) is 11.4 Å². The number of anilines is 1. The molecule has 2 aromatic carbocycles. The fourth-order valence-corrected chi connectivity index (χ4v) is 4.65. The zero-order valence-corrected chi connectivity index (χ0v) is 18.0. The van der Waals surface area contributed by atoms with Crippen molar-refractivity contribution in [3.05, 3.63) is 69.2 Å². The van der Waals surface area contributed by atoms with E-state index in [4.69, 9.17) is 0 Å². The molecule has 1 amide bonds. The summed E-state index contributed by atoms with van der Waals surface area (Å²) in [5, 5.41) is 27.6. The average Bonchev–Trinajstić information content (AvgIpc) is 3.36. The van der Waals surface area contributed by atoms with Crippen molar-refractivity contribution in [3.63, 3.8) is 0 Å². The van der Waals surface area contributed by atoms with Crippen LogP contribution in [0.4, 0.5) is 11.4 Å². The molecule has 2 aromatic heterocycles. The van der Waals surface area contributed by atoms with Crippen molar-refractivity contribution in [2.45, 2.75) is 16.2 Å². The highest BCUT2D eigenvalue weighted by molar-refractivity contribution is 8.01. The van der Waals surface area contributed by atoms with Gasteiger partial charge in [-0.15, -0.1) is 16.4 Å². The Morgan fingerprint density at radius 3 is 2.77 bits per heavy atom. The third kappa shape index (κ3) is 4.59. The molecule has 1 N–H and O–H groups in total. The van der Waals surface area contributed by atoms with Crippen LogP contribution in [-0.4, -0.2) is 36.0 Å². The smallest absolute Gasteiger partial charge is 0.284 e. The summed E-state index contributed by atoms with van der Waals surface area (Å²) in [5.74, 6) is 0.0866. The van der Waals surface area contributed by atoms with E-state index in [9.17, 15) is 14.9 Å². The van der Waals surface area contributed by atoms with Gasteiger partial charge in [-0.1, -0.05) is 23.9 Å². The first-order chi connectivity index (χ1) is 14.9. The van der Waals surface area contributed by atoms with Crippen LogP contribution in [0.2, 0.25) is 0 Å². The maximum absolute atomic E-state index is 12.7. The molecule has 4 rings (SSSR count). The van der Waals surface area contributed by atoms with Crippen molar-refractivity contribution in [3.8, 4) is 11.4 Å². The normalized spacial score (nSPS) is 10.8. The second-order valence-electron chi connectivity index (χ2n) is 6.46. The number of rotatable bonds is 6. The van der Waals surface area contributed by atoms with Gasteiger partial charge in [0.2, 0.25) is 0 Å². The molecule has 0 saturated heterocycles. The van der Waals surface area contributed by atoms with Crippen LogP contribution in [0.1, 0.15) is 16.1 Å². The predicted octanol–water partition coefficient (Wildman–Crippen LogP) is 3.95. The Kier molecular flexibility index (Phi) is 5.73. The number of aryl methyl sites for hydroxylation is 2. The van der Waals surface area contributed by atoms with Gasteiger partial charge in [0.05, 0.1) is 9.82 Å². The van der Waals surface area contributed by atoms with E-state index < -0.39 is 10.8 Å². The number of nitrogens with one attached hydrogen (secondary N) is 1. The third-order valence-corrected chi connectivity index (χ3v) is 6.33. The van der Waals surface area contributed by atoms with E-state index >= 15 is 0 Å². The number of nitrogens with zero attached hydrogens (tertiary/aromatic N) is 6. The maximum Gasteiger partial charge on any atom is 0.284 e. The molecule has 0 bridgehead atoms. The van der Waals surface area contributed by atoms with Gasteiger partial charge in [0.1, 0.15) is 0 Å². The molecule has 0 saturated carbocycles. The number of hydrogen-bond acceptors (Lipinski definition) is 9. The molecular weight excluding hydrogens is 438 g/mol. The van der Waals surface area contributed by atoms with Gasteiger partial charge in [0.25, 0.3) is 11.6 Å². The van der Waals surface area contributed by atoms with Crippen molar-refractivity contribution in [2.75, 3.05) is 5.32 Å². The molecule has 0 aliphatic carbocycles.